The second kappa shape index (κ2) is 3.22. The fraction of sp³-hybridized carbons (Fsp3) is 0.364. The zero-order valence-electron chi connectivity index (χ0n) is 8.73. The summed E-state index contributed by atoms with van der Waals surface area (Å²) in [5, 5.41) is 5.84. The lowest BCUT2D eigenvalue weighted by atomic mass is 9.93. The van der Waals surface area contributed by atoms with Crippen LogP contribution in [0.25, 0.3) is 0 Å². The number of benzene rings is 1. The first-order valence-corrected chi connectivity index (χ1v) is 4.84. The van der Waals surface area contributed by atoms with Gasteiger partial charge in [0.25, 0.3) is 0 Å². The van der Waals surface area contributed by atoms with Crippen molar-refractivity contribution in [2.75, 3.05) is 17.2 Å². The topological polar surface area (TPSA) is 41.1 Å². The standard InChI is InChI=1S/C11H13FN2O/c1-11(2)6-13-9-5-7(12)3-4-8(9)14-10(11)15/h3-5,13H,6H2,1-2H3,(H,14,15). The molecule has 0 aliphatic carbocycles. The molecule has 1 heterocycles. The van der Waals surface area contributed by atoms with Gasteiger partial charge in [-0.05, 0) is 32.0 Å². The number of carbonyl (C=O) groups is 1. The van der Waals surface area contributed by atoms with Gasteiger partial charge in [-0.3, -0.25) is 4.79 Å². The highest BCUT2D eigenvalue weighted by Crippen LogP contribution is 2.30. The van der Waals surface area contributed by atoms with Crippen LogP contribution in [0, 0.1) is 11.2 Å². The molecule has 1 aromatic rings. The number of rotatable bonds is 0. The molecule has 0 bridgehead atoms. The molecule has 0 atom stereocenters. The molecule has 0 spiro atoms. The summed E-state index contributed by atoms with van der Waals surface area (Å²) in [5.74, 6) is -0.365. The number of amides is 1. The molecule has 3 nitrogen and oxygen atoms in total. The summed E-state index contributed by atoms with van der Waals surface area (Å²) in [5.41, 5.74) is 0.774. The van der Waals surface area contributed by atoms with Gasteiger partial charge in [0, 0.05) is 6.54 Å². The molecular formula is C11H13FN2O. The van der Waals surface area contributed by atoms with E-state index in [1.54, 1.807) is 6.07 Å². The van der Waals surface area contributed by atoms with Crippen LogP contribution < -0.4 is 10.6 Å². The van der Waals surface area contributed by atoms with E-state index in [1.807, 2.05) is 13.8 Å². The quantitative estimate of drug-likeness (QED) is 0.686. The minimum Gasteiger partial charge on any atom is -0.382 e. The molecule has 0 saturated heterocycles. The third-order valence-corrected chi connectivity index (χ3v) is 2.57. The maximum Gasteiger partial charge on any atom is 0.231 e. The Morgan fingerprint density at radius 1 is 1.33 bits per heavy atom. The lowest BCUT2D eigenvalue weighted by Crippen LogP contribution is -2.34. The second-order valence-electron chi connectivity index (χ2n) is 4.38. The third kappa shape index (κ3) is 1.79. The number of hydrogen-bond acceptors (Lipinski definition) is 2. The highest BCUT2D eigenvalue weighted by molar-refractivity contribution is 5.99. The SMILES string of the molecule is CC1(C)CNc2cc(F)ccc2NC1=O. The van der Waals surface area contributed by atoms with Crippen LogP contribution in [-0.4, -0.2) is 12.5 Å². The monoisotopic (exact) mass is 208 g/mol. The van der Waals surface area contributed by atoms with E-state index < -0.39 is 5.41 Å². The van der Waals surface area contributed by atoms with E-state index >= 15 is 0 Å². The number of hydrogen-bond donors (Lipinski definition) is 2. The lowest BCUT2D eigenvalue weighted by Gasteiger charge is -2.19. The predicted octanol–water partition coefficient (Wildman–Crippen LogP) is 2.22. The average molecular weight is 208 g/mol. The molecule has 2 N–H and O–H groups in total. The van der Waals surface area contributed by atoms with Gasteiger partial charge in [0.15, 0.2) is 0 Å². The number of anilines is 2. The van der Waals surface area contributed by atoms with Crippen molar-refractivity contribution in [1.82, 2.24) is 0 Å². The normalized spacial score (nSPS) is 18.5. The molecule has 0 aromatic heterocycles. The molecule has 1 aromatic carbocycles. The number of fused-ring (bicyclic) bond motifs is 1. The Bertz CT molecular complexity index is 415. The van der Waals surface area contributed by atoms with Crippen molar-refractivity contribution in [3.8, 4) is 0 Å². The van der Waals surface area contributed by atoms with Gasteiger partial charge in [0.2, 0.25) is 5.91 Å². The molecule has 1 amide bonds. The molecule has 1 aliphatic rings. The first kappa shape index (κ1) is 9.96. The van der Waals surface area contributed by atoms with Gasteiger partial charge in [-0.25, -0.2) is 4.39 Å². The number of nitrogens with one attached hydrogen (secondary N) is 2. The van der Waals surface area contributed by atoms with Gasteiger partial charge in [0.05, 0.1) is 16.8 Å². The van der Waals surface area contributed by atoms with Crippen LogP contribution >= 0.6 is 0 Å². The molecule has 2 rings (SSSR count). The zero-order chi connectivity index (χ0) is 11.1. The summed E-state index contributed by atoms with van der Waals surface area (Å²) in [4.78, 5) is 11.7. The highest BCUT2D eigenvalue weighted by atomic mass is 19.1. The molecule has 0 fully saturated rings. The van der Waals surface area contributed by atoms with E-state index in [2.05, 4.69) is 10.6 Å². The average Bonchev–Trinajstić information content (AvgIpc) is 2.27. The van der Waals surface area contributed by atoms with Crippen molar-refractivity contribution in [2.45, 2.75) is 13.8 Å². The first-order valence-electron chi connectivity index (χ1n) is 4.84. The number of carbonyl (C=O) groups excluding carboxylic acids is 1. The van der Waals surface area contributed by atoms with Crippen molar-refractivity contribution >= 4 is 17.3 Å². The van der Waals surface area contributed by atoms with Crippen molar-refractivity contribution in [3.05, 3.63) is 24.0 Å². The summed E-state index contributed by atoms with van der Waals surface area (Å²) in [6.07, 6.45) is 0. The minimum absolute atomic E-state index is 0.0552. The van der Waals surface area contributed by atoms with Gasteiger partial charge in [0.1, 0.15) is 5.82 Å². The van der Waals surface area contributed by atoms with E-state index in [-0.39, 0.29) is 11.7 Å². The molecule has 80 valence electrons. The van der Waals surface area contributed by atoms with Crippen LogP contribution in [0.15, 0.2) is 18.2 Å². The smallest absolute Gasteiger partial charge is 0.231 e. The zero-order valence-corrected chi connectivity index (χ0v) is 8.73. The maximum absolute atomic E-state index is 13.0. The van der Waals surface area contributed by atoms with Gasteiger partial charge in [-0.15, -0.1) is 0 Å². The van der Waals surface area contributed by atoms with E-state index in [9.17, 15) is 9.18 Å². The maximum atomic E-state index is 13.0. The van der Waals surface area contributed by atoms with Crippen LogP contribution in [0.2, 0.25) is 0 Å². The number of halogens is 1. The Morgan fingerprint density at radius 2 is 2.07 bits per heavy atom. The van der Waals surface area contributed by atoms with E-state index in [0.717, 1.165) is 0 Å². The Labute approximate surface area is 87.7 Å². The summed E-state index contributed by atoms with van der Waals surface area (Å²) in [6.45, 7) is 4.18. The third-order valence-electron chi connectivity index (χ3n) is 2.57. The van der Waals surface area contributed by atoms with Crippen molar-refractivity contribution < 1.29 is 9.18 Å². The van der Waals surface area contributed by atoms with Gasteiger partial charge < -0.3 is 10.6 Å². The van der Waals surface area contributed by atoms with Crippen molar-refractivity contribution in [3.63, 3.8) is 0 Å². The Morgan fingerprint density at radius 3 is 2.80 bits per heavy atom. The minimum atomic E-state index is -0.491. The van der Waals surface area contributed by atoms with Crippen LogP contribution in [0.3, 0.4) is 0 Å². The summed E-state index contributed by atoms with van der Waals surface area (Å²) in [6, 6.07) is 4.28. The predicted molar refractivity (Wildman–Crippen MR) is 57.3 cm³/mol. The van der Waals surface area contributed by atoms with Crippen LogP contribution in [-0.2, 0) is 4.79 Å². The molecule has 15 heavy (non-hydrogen) atoms. The van der Waals surface area contributed by atoms with Gasteiger partial charge in [-0.1, -0.05) is 0 Å². The molecule has 0 unspecified atom stereocenters. The van der Waals surface area contributed by atoms with Crippen LogP contribution in [0.5, 0.6) is 0 Å². The Balaban J connectivity index is 2.40. The molecule has 0 radical (unpaired) electrons. The van der Waals surface area contributed by atoms with Gasteiger partial charge in [-0.2, -0.15) is 0 Å². The molecule has 0 saturated carbocycles. The Hall–Kier alpha value is -1.58. The lowest BCUT2D eigenvalue weighted by molar-refractivity contribution is -0.123. The fourth-order valence-electron chi connectivity index (χ4n) is 1.46. The van der Waals surface area contributed by atoms with E-state index in [0.29, 0.717) is 17.9 Å². The largest absolute Gasteiger partial charge is 0.382 e. The molecular weight excluding hydrogens is 195 g/mol. The first-order chi connectivity index (χ1) is 6.99. The summed E-state index contributed by atoms with van der Waals surface area (Å²) < 4.78 is 13.0. The van der Waals surface area contributed by atoms with E-state index in [4.69, 9.17) is 0 Å². The van der Waals surface area contributed by atoms with Crippen molar-refractivity contribution in [2.24, 2.45) is 5.41 Å². The highest BCUT2D eigenvalue weighted by Gasteiger charge is 2.30. The Kier molecular flexibility index (Phi) is 2.14. The second-order valence-corrected chi connectivity index (χ2v) is 4.38. The van der Waals surface area contributed by atoms with Crippen LogP contribution in [0.1, 0.15) is 13.8 Å². The fourth-order valence-corrected chi connectivity index (χ4v) is 1.46. The van der Waals surface area contributed by atoms with Crippen molar-refractivity contribution in [1.29, 1.82) is 0 Å². The molecule has 1 aliphatic heterocycles. The summed E-state index contributed by atoms with van der Waals surface area (Å²) >= 11 is 0. The van der Waals surface area contributed by atoms with E-state index in [1.165, 1.54) is 12.1 Å². The molecule has 4 heteroatoms. The van der Waals surface area contributed by atoms with Gasteiger partial charge >= 0.3 is 0 Å². The van der Waals surface area contributed by atoms with Crippen LogP contribution in [0.4, 0.5) is 15.8 Å². The summed E-state index contributed by atoms with van der Waals surface area (Å²) in [7, 11) is 0.